The lowest BCUT2D eigenvalue weighted by molar-refractivity contribution is 0.102. The highest BCUT2D eigenvalue weighted by atomic mass is 32.2. The number of carbonyl (C=O) groups is 1. The molecule has 3 aromatic rings. The van der Waals surface area contributed by atoms with Crippen molar-refractivity contribution in [3.8, 4) is 0 Å². The Labute approximate surface area is 191 Å². The van der Waals surface area contributed by atoms with E-state index in [1.165, 1.54) is 36.1 Å². The van der Waals surface area contributed by atoms with Crippen molar-refractivity contribution in [3.63, 3.8) is 0 Å². The third kappa shape index (κ3) is 5.00. The Bertz CT molecular complexity index is 1050. The van der Waals surface area contributed by atoms with E-state index in [0.29, 0.717) is 15.9 Å². The van der Waals surface area contributed by atoms with Gasteiger partial charge in [-0.1, -0.05) is 43.2 Å². The first-order valence-electron chi connectivity index (χ1n) is 10.9. The zero-order valence-corrected chi connectivity index (χ0v) is 19.1. The molecule has 0 atom stereocenters. The number of carbonyl (C=O) groups excluding carboxylic acids is 1. The Balaban J connectivity index is 1.25. The number of benzene rings is 1. The van der Waals surface area contributed by atoms with Crippen LogP contribution in [-0.2, 0) is 19.5 Å². The Morgan fingerprint density at radius 2 is 2.00 bits per heavy atom. The Hall–Kier alpha value is -2.22. The molecule has 1 amide bonds. The Kier molecular flexibility index (Phi) is 6.34. The van der Waals surface area contributed by atoms with Crippen LogP contribution in [-0.4, -0.2) is 32.6 Å². The number of pyridine rings is 1. The van der Waals surface area contributed by atoms with E-state index in [1.807, 2.05) is 12.1 Å². The summed E-state index contributed by atoms with van der Waals surface area (Å²) in [5.41, 5.74) is 3.10. The van der Waals surface area contributed by atoms with Crippen molar-refractivity contribution in [1.82, 2.24) is 14.9 Å². The van der Waals surface area contributed by atoms with Gasteiger partial charge in [-0.3, -0.25) is 15.0 Å². The molecule has 1 aliphatic heterocycles. The fraction of sp³-hybridized carbons (Fsp3) is 0.375. The van der Waals surface area contributed by atoms with Crippen molar-refractivity contribution in [2.24, 2.45) is 0 Å². The number of amides is 1. The molecule has 0 saturated heterocycles. The van der Waals surface area contributed by atoms with Gasteiger partial charge in [-0.05, 0) is 30.5 Å². The molecule has 1 N–H and O–H groups in total. The topological polar surface area (TPSA) is 58.1 Å². The maximum Gasteiger partial charge on any atom is 0.260 e. The van der Waals surface area contributed by atoms with E-state index < -0.39 is 0 Å². The summed E-state index contributed by atoms with van der Waals surface area (Å²) in [5, 5.41) is 5.14. The van der Waals surface area contributed by atoms with Crippen LogP contribution in [0.5, 0.6) is 0 Å². The molecule has 1 aromatic carbocycles. The van der Waals surface area contributed by atoms with Crippen molar-refractivity contribution >= 4 is 34.1 Å². The van der Waals surface area contributed by atoms with Gasteiger partial charge in [0.25, 0.3) is 5.91 Å². The smallest absolute Gasteiger partial charge is 0.260 e. The summed E-state index contributed by atoms with van der Waals surface area (Å²) < 4.78 is 0. The van der Waals surface area contributed by atoms with Gasteiger partial charge in [0.15, 0.2) is 5.13 Å². The molecule has 0 radical (unpaired) electrons. The van der Waals surface area contributed by atoms with Crippen molar-refractivity contribution in [2.45, 2.75) is 55.5 Å². The van der Waals surface area contributed by atoms with Crippen LogP contribution >= 0.6 is 23.1 Å². The number of nitrogens with zero attached hydrogens (tertiary/aromatic N) is 3. The number of thioether (sulfide) groups is 1. The predicted molar refractivity (Wildman–Crippen MR) is 127 cm³/mol. The molecule has 1 saturated carbocycles. The van der Waals surface area contributed by atoms with Gasteiger partial charge in [-0.2, -0.15) is 0 Å². The second-order valence-corrected chi connectivity index (χ2v) is 10.5. The number of rotatable bonds is 6. The Morgan fingerprint density at radius 3 is 2.84 bits per heavy atom. The summed E-state index contributed by atoms with van der Waals surface area (Å²) in [6.45, 7) is 2.81. The zero-order chi connectivity index (χ0) is 21.0. The quantitative estimate of drug-likeness (QED) is 0.546. The SMILES string of the molecule is O=C(Nc1nc2c(s1)CN(Cc1ccccc1)CC2)c1cccnc1SC1CCCC1. The molecule has 160 valence electrons. The summed E-state index contributed by atoms with van der Waals surface area (Å²) in [4.78, 5) is 25.9. The first-order valence-corrected chi connectivity index (χ1v) is 12.6. The van der Waals surface area contributed by atoms with Crippen LogP contribution in [0, 0.1) is 0 Å². The van der Waals surface area contributed by atoms with E-state index in [0.717, 1.165) is 36.8 Å². The highest BCUT2D eigenvalue weighted by Crippen LogP contribution is 2.35. The molecule has 3 heterocycles. The molecule has 5 nitrogen and oxygen atoms in total. The standard InChI is InChI=1S/C24H26N4OS2/c29-22(19-11-6-13-25-23(19)30-18-9-4-5-10-18)27-24-26-20-12-14-28(16-21(20)31-24)15-17-7-2-1-3-8-17/h1-3,6-8,11,13,18H,4-5,9-10,12,14-16H2,(H,26,27,29). The van der Waals surface area contributed by atoms with Gasteiger partial charge in [-0.15, -0.1) is 23.1 Å². The Morgan fingerprint density at radius 1 is 1.16 bits per heavy atom. The molecule has 0 bridgehead atoms. The monoisotopic (exact) mass is 450 g/mol. The third-order valence-corrected chi connectivity index (χ3v) is 8.23. The molecule has 2 aromatic heterocycles. The van der Waals surface area contributed by atoms with Gasteiger partial charge >= 0.3 is 0 Å². The van der Waals surface area contributed by atoms with Gasteiger partial charge in [-0.25, -0.2) is 9.97 Å². The predicted octanol–water partition coefficient (Wildman–Crippen LogP) is 5.38. The maximum absolute atomic E-state index is 13.0. The van der Waals surface area contributed by atoms with Crippen LogP contribution in [0.4, 0.5) is 5.13 Å². The van der Waals surface area contributed by atoms with Crippen molar-refractivity contribution in [1.29, 1.82) is 0 Å². The molecule has 0 unspecified atom stereocenters. The normalized spacial score (nSPS) is 16.9. The van der Waals surface area contributed by atoms with Crippen LogP contribution in [0.1, 0.15) is 52.2 Å². The number of fused-ring (bicyclic) bond motifs is 1. The van der Waals surface area contributed by atoms with E-state index in [2.05, 4.69) is 45.5 Å². The second kappa shape index (κ2) is 9.51. The minimum atomic E-state index is -0.110. The number of aromatic nitrogens is 2. The summed E-state index contributed by atoms with van der Waals surface area (Å²) in [6, 6.07) is 14.3. The molecule has 5 rings (SSSR count). The third-order valence-electron chi connectivity index (χ3n) is 5.88. The fourth-order valence-corrected chi connectivity index (χ4v) is 6.60. The largest absolute Gasteiger partial charge is 0.298 e. The highest BCUT2D eigenvalue weighted by Gasteiger charge is 2.24. The second-order valence-electron chi connectivity index (χ2n) is 8.17. The molecule has 1 aliphatic carbocycles. The maximum atomic E-state index is 13.0. The minimum Gasteiger partial charge on any atom is -0.298 e. The molecule has 7 heteroatoms. The van der Waals surface area contributed by atoms with E-state index in [1.54, 1.807) is 29.3 Å². The van der Waals surface area contributed by atoms with E-state index in [9.17, 15) is 4.79 Å². The highest BCUT2D eigenvalue weighted by molar-refractivity contribution is 7.99. The van der Waals surface area contributed by atoms with Crippen LogP contribution in [0.15, 0.2) is 53.7 Å². The summed E-state index contributed by atoms with van der Waals surface area (Å²) in [6.07, 6.45) is 7.67. The van der Waals surface area contributed by atoms with Crippen LogP contribution in [0.3, 0.4) is 0 Å². The van der Waals surface area contributed by atoms with E-state index in [-0.39, 0.29) is 5.91 Å². The average Bonchev–Trinajstić information content (AvgIpc) is 3.44. The van der Waals surface area contributed by atoms with Crippen molar-refractivity contribution in [2.75, 3.05) is 11.9 Å². The van der Waals surface area contributed by atoms with E-state index >= 15 is 0 Å². The van der Waals surface area contributed by atoms with Gasteiger partial charge in [0.1, 0.15) is 5.03 Å². The van der Waals surface area contributed by atoms with Gasteiger partial charge in [0.2, 0.25) is 0 Å². The first kappa shape index (κ1) is 20.7. The van der Waals surface area contributed by atoms with E-state index in [4.69, 9.17) is 4.98 Å². The molecule has 2 aliphatic rings. The number of hydrogen-bond acceptors (Lipinski definition) is 6. The lowest BCUT2D eigenvalue weighted by Gasteiger charge is -2.25. The number of thiazole rings is 1. The molecule has 0 spiro atoms. The van der Waals surface area contributed by atoms with Gasteiger partial charge < -0.3 is 0 Å². The van der Waals surface area contributed by atoms with Crippen molar-refractivity contribution in [3.05, 3.63) is 70.4 Å². The number of anilines is 1. The van der Waals surface area contributed by atoms with Crippen LogP contribution in [0.25, 0.3) is 0 Å². The van der Waals surface area contributed by atoms with Crippen molar-refractivity contribution < 1.29 is 4.79 Å². The molecular formula is C24H26N4OS2. The van der Waals surface area contributed by atoms with Gasteiger partial charge in [0, 0.05) is 42.4 Å². The van der Waals surface area contributed by atoms with Gasteiger partial charge in [0.05, 0.1) is 11.3 Å². The lowest BCUT2D eigenvalue weighted by atomic mass is 10.1. The molecule has 1 fully saturated rings. The fourth-order valence-electron chi connectivity index (χ4n) is 4.26. The summed E-state index contributed by atoms with van der Waals surface area (Å²) >= 11 is 3.35. The van der Waals surface area contributed by atoms with Crippen LogP contribution in [0.2, 0.25) is 0 Å². The summed E-state index contributed by atoms with van der Waals surface area (Å²) in [5.74, 6) is -0.110. The lowest BCUT2D eigenvalue weighted by Crippen LogP contribution is -2.29. The number of nitrogens with one attached hydrogen (secondary N) is 1. The summed E-state index contributed by atoms with van der Waals surface area (Å²) in [7, 11) is 0. The molecule has 31 heavy (non-hydrogen) atoms. The minimum absolute atomic E-state index is 0.110. The molecular weight excluding hydrogens is 424 g/mol. The first-order chi connectivity index (χ1) is 15.2. The van der Waals surface area contributed by atoms with Crippen LogP contribution < -0.4 is 5.32 Å². The number of hydrogen-bond donors (Lipinski definition) is 1. The zero-order valence-electron chi connectivity index (χ0n) is 17.4. The average molecular weight is 451 g/mol.